The van der Waals surface area contributed by atoms with Gasteiger partial charge >= 0.3 is 0 Å². The number of benzene rings is 1. The third-order valence-corrected chi connectivity index (χ3v) is 4.25. The van der Waals surface area contributed by atoms with Crippen molar-refractivity contribution in [2.24, 2.45) is 0 Å². The summed E-state index contributed by atoms with van der Waals surface area (Å²) >= 11 is 0. The molecule has 5 heteroatoms. The van der Waals surface area contributed by atoms with Crippen LogP contribution in [-0.2, 0) is 0 Å². The van der Waals surface area contributed by atoms with Gasteiger partial charge in [-0.15, -0.1) is 0 Å². The fourth-order valence-corrected chi connectivity index (χ4v) is 3.03. The maximum absolute atomic E-state index is 13.7. The summed E-state index contributed by atoms with van der Waals surface area (Å²) in [6, 6.07) is 9.89. The van der Waals surface area contributed by atoms with E-state index in [0.717, 1.165) is 37.5 Å². The lowest BCUT2D eigenvalue weighted by Crippen LogP contribution is -2.36. The first-order valence-electron chi connectivity index (χ1n) is 7.98. The molecule has 1 aromatic heterocycles. The minimum absolute atomic E-state index is 0.0121. The van der Waals surface area contributed by atoms with Crippen LogP contribution >= 0.6 is 0 Å². The first kappa shape index (κ1) is 15.7. The normalized spacial score (nSPS) is 16.4. The maximum atomic E-state index is 13.7. The summed E-state index contributed by atoms with van der Waals surface area (Å²) in [5.41, 5.74) is 0.0725. The van der Waals surface area contributed by atoms with Crippen molar-refractivity contribution in [1.82, 2.24) is 10.2 Å². The Kier molecular flexibility index (Phi) is 4.76. The molecule has 0 aliphatic carbocycles. The van der Waals surface area contributed by atoms with E-state index in [0.29, 0.717) is 6.54 Å². The second-order valence-corrected chi connectivity index (χ2v) is 5.90. The molecule has 2 heterocycles. The molecule has 1 amide bonds. The zero-order chi connectivity index (χ0) is 16.2. The lowest BCUT2D eigenvalue weighted by molar-refractivity contribution is 0.0929. The second-order valence-electron chi connectivity index (χ2n) is 5.90. The number of hydrogen-bond acceptors (Lipinski definition) is 3. The van der Waals surface area contributed by atoms with Crippen LogP contribution in [0.4, 0.5) is 4.39 Å². The summed E-state index contributed by atoms with van der Waals surface area (Å²) in [4.78, 5) is 14.5. The topological polar surface area (TPSA) is 45.5 Å². The molecule has 1 N–H and O–H groups in total. The molecule has 0 bridgehead atoms. The van der Waals surface area contributed by atoms with E-state index >= 15 is 0 Å². The van der Waals surface area contributed by atoms with Gasteiger partial charge in [-0.25, -0.2) is 4.39 Å². The van der Waals surface area contributed by atoms with Crippen LogP contribution in [0.5, 0.6) is 0 Å². The van der Waals surface area contributed by atoms with Gasteiger partial charge in [0.2, 0.25) is 0 Å². The van der Waals surface area contributed by atoms with Crippen molar-refractivity contribution in [3.05, 3.63) is 59.3 Å². The minimum atomic E-state index is -0.503. The maximum Gasteiger partial charge on any atom is 0.254 e. The van der Waals surface area contributed by atoms with Crippen LogP contribution in [0.25, 0.3) is 0 Å². The Morgan fingerprint density at radius 3 is 2.65 bits per heavy atom. The number of furan rings is 1. The van der Waals surface area contributed by atoms with Crippen LogP contribution in [0.2, 0.25) is 0 Å². The number of amides is 1. The highest BCUT2D eigenvalue weighted by atomic mass is 19.1. The number of hydrogen-bond donors (Lipinski definition) is 1. The van der Waals surface area contributed by atoms with Crippen molar-refractivity contribution < 1.29 is 13.6 Å². The average Bonchev–Trinajstić information content (AvgIpc) is 3.20. The van der Waals surface area contributed by atoms with Crippen molar-refractivity contribution in [2.45, 2.75) is 25.8 Å². The first-order chi connectivity index (χ1) is 11.1. The number of nitrogens with zero attached hydrogens (tertiary/aromatic N) is 1. The summed E-state index contributed by atoms with van der Waals surface area (Å²) < 4.78 is 19.5. The van der Waals surface area contributed by atoms with Crippen molar-refractivity contribution in [2.75, 3.05) is 19.6 Å². The third kappa shape index (κ3) is 3.62. The molecule has 4 nitrogen and oxygen atoms in total. The van der Waals surface area contributed by atoms with Crippen molar-refractivity contribution in [3.8, 4) is 0 Å². The van der Waals surface area contributed by atoms with Gasteiger partial charge in [0.15, 0.2) is 0 Å². The molecule has 1 saturated heterocycles. The number of rotatable bonds is 5. The van der Waals surface area contributed by atoms with Gasteiger partial charge in [-0.05, 0) is 57.1 Å². The predicted molar refractivity (Wildman–Crippen MR) is 85.7 cm³/mol. The molecule has 3 rings (SSSR count). The summed E-state index contributed by atoms with van der Waals surface area (Å²) in [7, 11) is 0. The van der Waals surface area contributed by atoms with Crippen LogP contribution in [0.1, 0.15) is 40.8 Å². The van der Waals surface area contributed by atoms with Gasteiger partial charge in [0.1, 0.15) is 17.3 Å². The highest BCUT2D eigenvalue weighted by molar-refractivity contribution is 5.94. The van der Waals surface area contributed by atoms with Gasteiger partial charge in [0, 0.05) is 6.54 Å². The Bertz CT molecular complexity index is 677. The summed E-state index contributed by atoms with van der Waals surface area (Å²) in [6.45, 7) is 4.28. The highest BCUT2D eigenvalue weighted by Gasteiger charge is 2.26. The van der Waals surface area contributed by atoms with Gasteiger partial charge in [-0.3, -0.25) is 9.69 Å². The van der Waals surface area contributed by atoms with E-state index < -0.39 is 11.7 Å². The van der Waals surface area contributed by atoms with Crippen LogP contribution in [0.15, 0.2) is 40.8 Å². The van der Waals surface area contributed by atoms with Gasteiger partial charge in [-0.1, -0.05) is 12.1 Å². The van der Waals surface area contributed by atoms with Crippen molar-refractivity contribution in [1.29, 1.82) is 0 Å². The van der Waals surface area contributed by atoms with E-state index in [1.54, 1.807) is 12.1 Å². The molecule has 122 valence electrons. The van der Waals surface area contributed by atoms with Gasteiger partial charge in [-0.2, -0.15) is 0 Å². The SMILES string of the molecule is Cc1ccc([C@@H](CNC(=O)c2ccccc2F)N2CCCC2)o1. The number of likely N-dealkylation sites (tertiary alicyclic amines) is 1. The number of nitrogens with one attached hydrogen (secondary N) is 1. The number of carbonyl (C=O) groups excluding carboxylic acids is 1. The molecule has 2 aromatic rings. The quantitative estimate of drug-likeness (QED) is 0.920. The molecule has 0 unspecified atom stereocenters. The lowest BCUT2D eigenvalue weighted by atomic mass is 10.1. The van der Waals surface area contributed by atoms with Gasteiger partial charge in [0.05, 0.1) is 11.6 Å². The summed E-state index contributed by atoms with van der Waals surface area (Å²) in [5.74, 6) is 0.801. The Hall–Kier alpha value is -2.14. The van der Waals surface area contributed by atoms with Crippen LogP contribution in [-0.4, -0.2) is 30.4 Å². The summed E-state index contributed by atoms with van der Waals surface area (Å²) in [6.07, 6.45) is 2.30. The van der Waals surface area contributed by atoms with E-state index in [1.165, 1.54) is 12.1 Å². The molecular weight excluding hydrogens is 295 g/mol. The average molecular weight is 316 g/mol. The summed E-state index contributed by atoms with van der Waals surface area (Å²) in [5, 5.41) is 2.84. The van der Waals surface area contributed by atoms with E-state index in [2.05, 4.69) is 10.2 Å². The number of halogens is 1. The predicted octanol–water partition coefficient (Wildman–Crippen LogP) is 3.29. The molecule has 1 atom stereocenters. The third-order valence-electron chi connectivity index (χ3n) is 4.25. The molecule has 23 heavy (non-hydrogen) atoms. The van der Waals surface area contributed by atoms with Gasteiger partial charge in [0.25, 0.3) is 5.91 Å². The molecule has 1 aliphatic rings. The lowest BCUT2D eigenvalue weighted by Gasteiger charge is -2.26. The van der Waals surface area contributed by atoms with E-state index in [4.69, 9.17) is 4.42 Å². The van der Waals surface area contributed by atoms with E-state index in [-0.39, 0.29) is 11.6 Å². The smallest absolute Gasteiger partial charge is 0.254 e. The Balaban J connectivity index is 1.71. The molecule has 0 radical (unpaired) electrons. The molecular formula is C18H21FN2O2. The standard InChI is InChI=1S/C18H21FN2O2/c1-13-8-9-17(23-13)16(21-10-4-5-11-21)12-20-18(22)14-6-2-3-7-15(14)19/h2-3,6-9,16H,4-5,10-12H2,1H3,(H,20,22)/t16-/m1/s1. The second kappa shape index (κ2) is 6.96. The fraction of sp³-hybridized carbons (Fsp3) is 0.389. The molecule has 1 fully saturated rings. The Labute approximate surface area is 135 Å². The first-order valence-corrected chi connectivity index (χ1v) is 7.98. The van der Waals surface area contributed by atoms with Crippen molar-refractivity contribution >= 4 is 5.91 Å². The zero-order valence-electron chi connectivity index (χ0n) is 13.2. The number of carbonyl (C=O) groups is 1. The minimum Gasteiger partial charge on any atom is -0.465 e. The highest BCUT2D eigenvalue weighted by Crippen LogP contribution is 2.26. The van der Waals surface area contributed by atoms with E-state index in [9.17, 15) is 9.18 Å². The zero-order valence-corrected chi connectivity index (χ0v) is 13.2. The fourth-order valence-electron chi connectivity index (χ4n) is 3.03. The monoisotopic (exact) mass is 316 g/mol. The molecule has 1 aromatic carbocycles. The van der Waals surface area contributed by atoms with Crippen molar-refractivity contribution in [3.63, 3.8) is 0 Å². The molecule has 0 saturated carbocycles. The Morgan fingerprint density at radius 2 is 2.00 bits per heavy atom. The number of aryl methyl sites for hydroxylation is 1. The largest absolute Gasteiger partial charge is 0.465 e. The van der Waals surface area contributed by atoms with Crippen LogP contribution in [0.3, 0.4) is 0 Å². The van der Waals surface area contributed by atoms with Crippen LogP contribution < -0.4 is 5.32 Å². The molecule has 1 aliphatic heterocycles. The van der Waals surface area contributed by atoms with Crippen LogP contribution in [0, 0.1) is 12.7 Å². The molecule has 0 spiro atoms. The Morgan fingerprint density at radius 1 is 1.26 bits per heavy atom. The van der Waals surface area contributed by atoms with Gasteiger partial charge < -0.3 is 9.73 Å². The van der Waals surface area contributed by atoms with E-state index in [1.807, 2.05) is 19.1 Å².